The number of nitrogens with zero attached hydrogens (tertiary/aromatic N) is 3. The van der Waals surface area contributed by atoms with Crippen molar-refractivity contribution in [3.05, 3.63) is 36.2 Å². The number of hydrogen-bond donors (Lipinski definition) is 2. The second-order valence-electron chi connectivity index (χ2n) is 3.80. The Labute approximate surface area is 110 Å². The maximum atomic E-state index is 8.61. The molecule has 96 valence electrons. The van der Waals surface area contributed by atoms with Gasteiger partial charge in [-0.05, 0) is 17.7 Å². The summed E-state index contributed by atoms with van der Waals surface area (Å²) < 4.78 is 5.02. The van der Waals surface area contributed by atoms with Crippen molar-refractivity contribution in [2.75, 3.05) is 18.2 Å². The molecule has 3 N–H and O–H groups in total. The third kappa shape index (κ3) is 2.90. The molecular formula is C13H13N5O. The summed E-state index contributed by atoms with van der Waals surface area (Å²) in [7, 11) is 1.50. The van der Waals surface area contributed by atoms with Crippen LogP contribution in [-0.2, 0) is 6.42 Å². The first-order valence-corrected chi connectivity index (χ1v) is 5.62. The molecule has 0 amide bonds. The van der Waals surface area contributed by atoms with Crippen LogP contribution in [0.2, 0.25) is 0 Å². The highest BCUT2D eigenvalue weighted by atomic mass is 16.5. The minimum Gasteiger partial charge on any atom is -0.479 e. The highest BCUT2D eigenvalue weighted by Crippen LogP contribution is 2.26. The van der Waals surface area contributed by atoms with Crippen LogP contribution < -0.4 is 15.8 Å². The van der Waals surface area contributed by atoms with E-state index in [1.54, 1.807) is 0 Å². The van der Waals surface area contributed by atoms with E-state index in [2.05, 4.69) is 21.4 Å². The summed E-state index contributed by atoms with van der Waals surface area (Å²) in [5, 5.41) is 11.7. The number of hydrogen-bond acceptors (Lipinski definition) is 6. The molecule has 0 fully saturated rings. The van der Waals surface area contributed by atoms with Crippen LogP contribution in [0.4, 0.5) is 17.2 Å². The van der Waals surface area contributed by atoms with E-state index in [1.807, 2.05) is 24.3 Å². The Morgan fingerprint density at radius 1 is 1.32 bits per heavy atom. The number of ether oxygens (including phenoxy) is 1. The Balaban J connectivity index is 2.19. The minimum absolute atomic E-state index is 0.332. The van der Waals surface area contributed by atoms with Crippen molar-refractivity contribution >= 4 is 17.2 Å². The first-order chi connectivity index (χ1) is 9.24. The van der Waals surface area contributed by atoms with Crippen LogP contribution in [-0.4, -0.2) is 17.1 Å². The Hall–Kier alpha value is -2.81. The molecule has 0 radical (unpaired) electrons. The maximum Gasteiger partial charge on any atom is 0.242 e. The molecule has 1 aromatic heterocycles. The van der Waals surface area contributed by atoms with E-state index >= 15 is 0 Å². The molecule has 19 heavy (non-hydrogen) atoms. The number of nitrogens with two attached hydrogens (primary N) is 1. The Morgan fingerprint density at radius 2 is 2.05 bits per heavy atom. The first-order valence-electron chi connectivity index (χ1n) is 5.62. The lowest BCUT2D eigenvalue weighted by Crippen LogP contribution is -2.03. The van der Waals surface area contributed by atoms with Crippen molar-refractivity contribution in [1.29, 1.82) is 5.26 Å². The fraction of sp³-hybridized carbons (Fsp3) is 0.154. The summed E-state index contributed by atoms with van der Waals surface area (Å²) in [4.78, 5) is 7.96. The van der Waals surface area contributed by atoms with Crippen LogP contribution in [0.25, 0.3) is 0 Å². The predicted octanol–water partition coefficient (Wildman–Crippen LogP) is 1.88. The van der Waals surface area contributed by atoms with Gasteiger partial charge in [-0.3, -0.25) is 0 Å². The average Bonchev–Trinajstić information content (AvgIpc) is 2.43. The lowest BCUT2D eigenvalue weighted by molar-refractivity contribution is 0.399. The maximum absolute atomic E-state index is 8.61. The second kappa shape index (κ2) is 5.69. The third-order valence-electron chi connectivity index (χ3n) is 2.54. The van der Waals surface area contributed by atoms with Gasteiger partial charge in [0.05, 0.1) is 19.6 Å². The van der Waals surface area contributed by atoms with E-state index in [1.165, 1.54) is 13.4 Å². The highest BCUT2D eigenvalue weighted by Gasteiger charge is 2.08. The first kappa shape index (κ1) is 12.6. The van der Waals surface area contributed by atoms with Gasteiger partial charge in [0, 0.05) is 5.69 Å². The number of benzene rings is 1. The van der Waals surface area contributed by atoms with E-state index in [9.17, 15) is 0 Å². The fourth-order valence-corrected chi connectivity index (χ4v) is 1.58. The molecule has 1 heterocycles. The van der Waals surface area contributed by atoms with Crippen LogP contribution in [0.3, 0.4) is 0 Å². The van der Waals surface area contributed by atoms with Crippen molar-refractivity contribution in [2.24, 2.45) is 0 Å². The van der Waals surface area contributed by atoms with Crippen molar-refractivity contribution in [3.8, 4) is 11.9 Å². The number of aromatic nitrogens is 2. The average molecular weight is 255 g/mol. The number of rotatable bonds is 4. The molecular weight excluding hydrogens is 242 g/mol. The lowest BCUT2D eigenvalue weighted by atomic mass is 10.1. The van der Waals surface area contributed by atoms with Gasteiger partial charge in [0.1, 0.15) is 12.0 Å². The summed E-state index contributed by atoms with van der Waals surface area (Å²) in [6, 6.07) is 9.57. The summed E-state index contributed by atoms with van der Waals surface area (Å²) in [5.74, 6) is 0.818. The minimum atomic E-state index is 0.332. The van der Waals surface area contributed by atoms with Gasteiger partial charge < -0.3 is 15.8 Å². The van der Waals surface area contributed by atoms with Gasteiger partial charge in [-0.25, -0.2) is 4.98 Å². The van der Waals surface area contributed by atoms with Gasteiger partial charge in [0.25, 0.3) is 0 Å². The molecule has 6 heteroatoms. The molecule has 2 aromatic rings. The van der Waals surface area contributed by atoms with Crippen LogP contribution in [0, 0.1) is 11.3 Å². The van der Waals surface area contributed by atoms with Gasteiger partial charge >= 0.3 is 0 Å². The molecule has 0 saturated carbocycles. The molecule has 2 rings (SSSR count). The number of anilines is 3. The molecule has 0 aliphatic heterocycles. The number of nitriles is 1. The van der Waals surface area contributed by atoms with Gasteiger partial charge in [0.15, 0.2) is 5.82 Å². The van der Waals surface area contributed by atoms with E-state index in [0.717, 1.165) is 11.3 Å². The zero-order chi connectivity index (χ0) is 13.7. The van der Waals surface area contributed by atoms with Crippen molar-refractivity contribution in [3.63, 3.8) is 0 Å². The molecule has 0 aliphatic carbocycles. The van der Waals surface area contributed by atoms with E-state index in [0.29, 0.717) is 23.8 Å². The summed E-state index contributed by atoms with van der Waals surface area (Å²) in [6.07, 6.45) is 1.77. The second-order valence-corrected chi connectivity index (χ2v) is 3.80. The quantitative estimate of drug-likeness (QED) is 0.865. The van der Waals surface area contributed by atoms with Crippen LogP contribution >= 0.6 is 0 Å². The molecule has 0 aliphatic rings. The standard InChI is InChI=1S/C13H13N5O/c1-19-13-11(15)12(16-8-17-13)18-10-4-2-9(3-5-10)6-7-14/h2-5,8H,6,15H2,1H3,(H,16,17,18). The monoisotopic (exact) mass is 255 g/mol. The summed E-state index contributed by atoms with van der Waals surface area (Å²) in [6.45, 7) is 0. The van der Waals surface area contributed by atoms with Crippen molar-refractivity contribution in [1.82, 2.24) is 9.97 Å². The summed E-state index contributed by atoms with van der Waals surface area (Å²) >= 11 is 0. The number of nitrogen functional groups attached to an aromatic ring is 1. The smallest absolute Gasteiger partial charge is 0.242 e. The molecule has 0 spiro atoms. The largest absolute Gasteiger partial charge is 0.479 e. The zero-order valence-corrected chi connectivity index (χ0v) is 10.4. The highest BCUT2D eigenvalue weighted by molar-refractivity contribution is 5.72. The molecule has 6 nitrogen and oxygen atoms in total. The molecule has 0 saturated heterocycles. The Morgan fingerprint density at radius 3 is 2.68 bits per heavy atom. The van der Waals surface area contributed by atoms with Gasteiger partial charge in [-0.1, -0.05) is 12.1 Å². The SMILES string of the molecule is COc1ncnc(Nc2ccc(CC#N)cc2)c1N. The van der Waals surface area contributed by atoms with Crippen LogP contribution in [0.15, 0.2) is 30.6 Å². The molecule has 1 aromatic carbocycles. The molecule has 0 atom stereocenters. The Kier molecular flexibility index (Phi) is 3.78. The van der Waals surface area contributed by atoms with E-state index < -0.39 is 0 Å². The molecule has 0 unspecified atom stereocenters. The summed E-state index contributed by atoms with van der Waals surface area (Å²) in [5.41, 5.74) is 8.00. The number of nitrogens with one attached hydrogen (secondary N) is 1. The van der Waals surface area contributed by atoms with Crippen LogP contribution in [0.1, 0.15) is 5.56 Å². The Bertz CT molecular complexity index is 603. The molecule has 0 bridgehead atoms. The third-order valence-corrected chi connectivity index (χ3v) is 2.54. The van der Waals surface area contributed by atoms with Crippen molar-refractivity contribution < 1.29 is 4.74 Å². The van der Waals surface area contributed by atoms with Crippen molar-refractivity contribution in [2.45, 2.75) is 6.42 Å². The zero-order valence-electron chi connectivity index (χ0n) is 10.4. The van der Waals surface area contributed by atoms with Gasteiger partial charge in [-0.15, -0.1) is 0 Å². The normalized spacial score (nSPS) is 9.68. The van der Waals surface area contributed by atoms with Crippen LogP contribution in [0.5, 0.6) is 5.88 Å². The van der Waals surface area contributed by atoms with E-state index in [-0.39, 0.29) is 0 Å². The lowest BCUT2D eigenvalue weighted by Gasteiger charge is -2.10. The van der Waals surface area contributed by atoms with Gasteiger partial charge in [-0.2, -0.15) is 10.2 Å². The topological polar surface area (TPSA) is 96.9 Å². The van der Waals surface area contributed by atoms with Gasteiger partial charge in [0.2, 0.25) is 5.88 Å². The number of methoxy groups -OCH3 is 1. The van der Waals surface area contributed by atoms with E-state index in [4.69, 9.17) is 15.7 Å². The predicted molar refractivity (Wildman–Crippen MR) is 72.0 cm³/mol. The fourth-order valence-electron chi connectivity index (χ4n) is 1.58.